The van der Waals surface area contributed by atoms with Crippen molar-refractivity contribution in [1.29, 1.82) is 0 Å². The number of esters is 1. The van der Waals surface area contributed by atoms with Crippen LogP contribution in [0.4, 0.5) is 5.13 Å². The summed E-state index contributed by atoms with van der Waals surface area (Å²) in [6, 6.07) is 10.2. The predicted molar refractivity (Wildman–Crippen MR) is 127 cm³/mol. The number of carbonyl (C=O) groups is 2. The van der Waals surface area contributed by atoms with Gasteiger partial charge in [-0.3, -0.25) is 9.59 Å². The Kier molecular flexibility index (Phi) is 9.02. The molecule has 1 aromatic carbocycles. The number of rotatable bonds is 10. The fourth-order valence-corrected chi connectivity index (χ4v) is 4.69. The van der Waals surface area contributed by atoms with Crippen molar-refractivity contribution < 1.29 is 14.3 Å². The third-order valence-electron chi connectivity index (χ3n) is 5.51. The number of anilines is 1. The molecule has 1 atom stereocenters. The zero-order valence-corrected chi connectivity index (χ0v) is 20.1. The molecule has 1 unspecified atom stereocenters. The van der Waals surface area contributed by atoms with E-state index in [0.29, 0.717) is 45.0 Å². The van der Waals surface area contributed by atoms with E-state index in [-0.39, 0.29) is 17.8 Å². The van der Waals surface area contributed by atoms with Crippen molar-refractivity contribution in [2.75, 3.05) is 37.7 Å². The van der Waals surface area contributed by atoms with Gasteiger partial charge in [0, 0.05) is 50.6 Å². The molecule has 1 fully saturated rings. The molecule has 0 bridgehead atoms. The van der Waals surface area contributed by atoms with Crippen molar-refractivity contribution in [3.63, 3.8) is 0 Å². The van der Waals surface area contributed by atoms with Crippen LogP contribution in [-0.2, 0) is 20.7 Å². The van der Waals surface area contributed by atoms with Gasteiger partial charge in [-0.1, -0.05) is 44.2 Å². The minimum absolute atomic E-state index is 0.0850. The normalized spacial score (nSPS) is 16.2. The van der Waals surface area contributed by atoms with Crippen molar-refractivity contribution in [3.8, 4) is 0 Å². The Morgan fingerprint density at radius 1 is 1.28 bits per heavy atom. The van der Waals surface area contributed by atoms with E-state index in [9.17, 15) is 9.59 Å². The molecule has 0 radical (unpaired) electrons. The van der Waals surface area contributed by atoms with E-state index in [0.717, 1.165) is 30.3 Å². The average molecular weight is 459 g/mol. The molecule has 3 rings (SSSR count). The third-order valence-corrected chi connectivity index (χ3v) is 6.32. The van der Waals surface area contributed by atoms with E-state index in [1.165, 1.54) is 17.1 Å². The summed E-state index contributed by atoms with van der Waals surface area (Å²) in [5.74, 6) is 0.940. The first kappa shape index (κ1) is 24.2. The Morgan fingerprint density at radius 2 is 2.06 bits per heavy atom. The molecule has 2 heterocycles. The van der Waals surface area contributed by atoms with Gasteiger partial charge in [-0.15, -0.1) is 0 Å². The second-order valence-corrected chi connectivity index (χ2v) is 9.41. The van der Waals surface area contributed by atoms with Gasteiger partial charge < -0.3 is 14.5 Å². The molecular weight excluding hydrogens is 424 g/mol. The van der Waals surface area contributed by atoms with Gasteiger partial charge in [0.25, 0.3) is 0 Å². The minimum Gasteiger partial charge on any atom is -0.466 e. The van der Waals surface area contributed by atoms with Crippen LogP contribution in [0.3, 0.4) is 0 Å². The Hall–Kier alpha value is -2.48. The highest BCUT2D eigenvalue weighted by Crippen LogP contribution is 2.22. The molecule has 174 valence electrons. The smallest absolute Gasteiger partial charge is 0.310 e. The minimum atomic E-state index is -0.205. The first-order valence-electron chi connectivity index (χ1n) is 11.5. The quantitative estimate of drug-likeness (QED) is 0.505. The zero-order valence-electron chi connectivity index (χ0n) is 19.3. The highest BCUT2D eigenvalue weighted by atomic mass is 32.1. The predicted octanol–water partition coefficient (Wildman–Crippen LogP) is 3.78. The van der Waals surface area contributed by atoms with E-state index in [2.05, 4.69) is 35.3 Å². The molecule has 2 aromatic rings. The average Bonchev–Trinajstić information content (AvgIpc) is 3.25. The molecule has 1 saturated heterocycles. The van der Waals surface area contributed by atoms with Crippen molar-refractivity contribution >= 4 is 28.5 Å². The van der Waals surface area contributed by atoms with Gasteiger partial charge in [-0.05, 0) is 31.2 Å². The highest BCUT2D eigenvalue weighted by Gasteiger charge is 2.29. The van der Waals surface area contributed by atoms with Crippen LogP contribution in [0.5, 0.6) is 0 Å². The van der Waals surface area contributed by atoms with Crippen LogP contribution in [0, 0.1) is 11.8 Å². The summed E-state index contributed by atoms with van der Waals surface area (Å²) in [6.07, 6.45) is 2.73. The van der Waals surface area contributed by atoms with E-state index in [1.54, 1.807) is 0 Å². The van der Waals surface area contributed by atoms with Gasteiger partial charge in [-0.25, -0.2) is 4.98 Å². The largest absolute Gasteiger partial charge is 0.466 e. The lowest BCUT2D eigenvalue weighted by Crippen LogP contribution is -2.44. The topological polar surface area (TPSA) is 75.6 Å². The summed E-state index contributed by atoms with van der Waals surface area (Å²) in [4.78, 5) is 33.7. The lowest BCUT2D eigenvalue weighted by Gasteiger charge is -2.32. The van der Waals surface area contributed by atoms with Crippen LogP contribution in [0.25, 0.3) is 0 Å². The summed E-state index contributed by atoms with van der Waals surface area (Å²) in [5.41, 5.74) is 1.18. The molecule has 1 aliphatic heterocycles. The van der Waals surface area contributed by atoms with E-state index in [1.807, 2.05) is 30.0 Å². The molecule has 0 aliphatic carbocycles. The van der Waals surface area contributed by atoms with E-state index in [4.69, 9.17) is 9.72 Å². The summed E-state index contributed by atoms with van der Waals surface area (Å²) in [7, 11) is 0. The zero-order chi connectivity index (χ0) is 22.9. The fraction of sp³-hybridized carbons (Fsp3) is 0.583. The molecule has 1 amide bonds. The van der Waals surface area contributed by atoms with Crippen molar-refractivity contribution in [2.45, 2.75) is 46.5 Å². The number of carbonyl (C=O) groups excluding carboxylic acids is 2. The number of nitrogens with zero attached hydrogens (tertiary/aromatic N) is 4. The van der Waals surface area contributed by atoms with Crippen LogP contribution in [-0.4, -0.2) is 58.9 Å². The van der Waals surface area contributed by atoms with E-state index >= 15 is 0 Å². The summed E-state index contributed by atoms with van der Waals surface area (Å²) in [5, 5.41) is 0.862. The van der Waals surface area contributed by atoms with Crippen LogP contribution >= 0.6 is 11.5 Å². The molecule has 1 aliphatic rings. The van der Waals surface area contributed by atoms with Gasteiger partial charge in [0.2, 0.25) is 11.0 Å². The Balaban J connectivity index is 1.58. The number of aromatic nitrogens is 2. The van der Waals surface area contributed by atoms with Gasteiger partial charge in [0.1, 0.15) is 5.82 Å². The second kappa shape index (κ2) is 11.9. The van der Waals surface area contributed by atoms with Crippen LogP contribution < -0.4 is 4.90 Å². The number of amides is 1. The Bertz CT molecular complexity index is 871. The third kappa shape index (κ3) is 7.02. The second-order valence-electron chi connectivity index (χ2n) is 8.68. The van der Waals surface area contributed by atoms with Crippen molar-refractivity contribution in [1.82, 2.24) is 14.3 Å². The Labute approximate surface area is 194 Å². The fourth-order valence-electron chi connectivity index (χ4n) is 3.97. The summed E-state index contributed by atoms with van der Waals surface area (Å²) in [6.45, 7) is 9.09. The van der Waals surface area contributed by atoms with Crippen LogP contribution in [0.1, 0.15) is 51.4 Å². The van der Waals surface area contributed by atoms with Crippen molar-refractivity contribution in [3.05, 3.63) is 41.7 Å². The number of likely N-dealkylation sites (tertiary alicyclic amines) is 1. The molecule has 0 saturated carbocycles. The summed E-state index contributed by atoms with van der Waals surface area (Å²) < 4.78 is 9.70. The number of ether oxygens (including phenoxy) is 1. The molecule has 1 aromatic heterocycles. The molecule has 8 heteroatoms. The maximum Gasteiger partial charge on any atom is 0.310 e. The number of benzene rings is 1. The molecule has 0 spiro atoms. The van der Waals surface area contributed by atoms with E-state index < -0.39 is 0 Å². The molecule has 32 heavy (non-hydrogen) atoms. The molecular formula is C24H34N4O3S. The van der Waals surface area contributed by atoms with Crippen molar-refractivity contribution in [2.24, 2.45) is 11.8 Å². The van der Waals surface area contributed by atoms with Gasteiger partial charge >= 0.3 is 5.97 Å². The van der Waals surface area contributed by atoms with Crippen LogP contribution in [0.15, 0.2) is 30.3 Å². The highest BCUT2D eigenvalue weighted by molar-refractivity contribution is 7.09. The van der Waals surface area contributed by atoms with Gasteiger partial charge in [0.05, 0.1) is 12.5 Å². The van der Waals surface area contributed by atoms with Gasteiger partial charge in [-0.2, -0.15) is 4.37 Å². The number of hydrogen-bond donors (Lipinski definition) is 0. The maximum atomic E-state index is 12.9. The lowest BCUT2D eigenvalue weighted by atomic mass is 9.98. The lowest BCUT2D eigenvalue weighted by molar-refractivity contribution is -0.151. The standard InChI is InChI=1S/C24H34N4O3S/c1-4-31-23(30)20-11-8-13-27(17-20)22(29)12-14-28(16-18(2)3)24-25-21(26-32-24)15-19-9-6-5-7-10-19/h5-7,9-10,18,20H,4,8,11-17H2,1-3H3. The first-order chi connectivity index (χ1) is 15.5. The monoisotopic (exact) mass is 458 g/mol. The first-order valence-corrected chi connectivity index (χ1v) is 12.3. The number of piperidine rings is 1. The molecule has 0 N–H and O–H groups in total. The Morgan fingerprint density at radius 3 is 2.78 bits per heavy atom. The number of hydrogen-bond acceptors (Lipinski definition) is 7. The molecule has 7 nitrogen and oxygen atoms in total. The SMILES string of the molecule is CCOC(=O)C1CCCN(C(=O)CCN(CC(C)C)c2nc(Cc3ccccc3)ns2)C1. The summed E-state index contributed by atoms with van der Waals surface area (Å²) >= 11 is 1.39. The van der Waals surface area contributed by atoms with Crippen LogP contribution in [0.2, 0.25) is 0 Å². The maximum absolute atomic E-state index is 12.9. The van der Waals surface area contributed by atoms with Gasteiger partial charge in [0.15, 0.2) is 0 Å².